The molecule has 2 aromatic heterocycles. The van der Waals surface area contributed by atoms with Crippen LogP contribution in [0, 0.1) is 20.8 Å². The zero-order valence-corrected chi connectivity index (χ0v) is 17.1. The summed E-state index contributed by atoms with van der Waals surface area (Å²) in [6.45, 7) is 5.76. The smallest absolute Gasteiger partial charge is 0.271 e. The molecule has 1 aromatic carbocycles. The number of carbonyl (C=O) groups is 2. The summed E-state index contributed by atoms with van der Waals surface area (Å²) in [5, 5.41) is 8.51. The first-order chi connectivity index (χ1) is 14.4. The molecule has 0 saturated carbocycles. The normalized spacial score (nSPS) is 13.9. The fourth-order valence-corrected chi connectivity index (χ4v) is 3.28. The lowest BCUT2D eigenvalue weighted by Gasteiger charge is -2.24. The van der Waals surface area contributed by atoms with E-state index in [0.717, 1.165) is 17.0 Å². The van der Waals surface area contributed by atoms with Gasteiger partial charge in [-0.3, -0.25) is 14.2 Å². The van der Waals surface area contributed by atoms with E-state index < -0.39 is 0 Å². The highest BCUT2D eigenvalue weighted by Gasteiger charge is 2.26. The first kappa shape index (κ1) is 19.5. The second-order valence-corrected chi connectivity index (χ2v) is 7.25. The quantitative estimate of drug-likeness (QED) is 0.725. The van der Waals surface area contributed by atoms with Crippen molar-refractivity contribution in [3.63, 3.8) is 0 Å². The maximum atomic E-state index is 12.7. The van der Waals surface area contributed by atoms with Gasteiger partial charge in [-0.05, 0) is 50.1 Å². The summed E-state index contributed by atoms with van der Waals surface area (Å²) in [4.78, 5) is 33.7. The van der Waals surface area contributed by atoms with Gasteiger partial charge < -0.3 is 5.32 Å². The summed E-state index contributed by atoms with van der Waals surface area (Å²) in [5.74, 6) is 1.07. The Hall–Kier alpha value is -3.81. The molecule has 8 heteroatoms. The van der Waals surface area contributed by atoms with Crippen molar-refractivity contribution in [2.75, 3.05) is 10.3 Å². The highest BCUT2D eigenvalue weighted by Crippen LogP contribution is 2.25. The lowest BCUT2D eigenvalue weighted by molar-refractivity contribution is -0.118. The average molecular weight is 402 g/mol. The van der Waals surface area contributed by atoms with Crippen molar-refractivity contribution >= 4 is 28.9 Å². The molecule has 0 atom stereocenters. The molecule has 4 rings (SSSR count). The maximum absolute atomic E-state index is 12.7. The van der Waals surface area contributed by atoms with Crippen LogP contribution < -0.4 is 10.3 Å². The number of aryl methyl sites for hydroxylation is 3. The second kappa shape index (κ2) is 7.90. The number of nitrogens with one attached hydrogen (secondary N) is 1. The summed E-state index contributed by atoms with van der Waals surface area (Å²) < 4.78 is 1.85. The molecule has 152 valence electrons. The highest BCUT2D eigenvalue weighted by molar-refractivity contribution is 6.44. The minimum Gasteiger partial charge on any atom is -0.319 e. The third-order valence-electron chi connectivity index (χ3n) is 4.97. The molecule has 0 radical (unpaired) electrons. The Morgan fingerprint density at radius 1 is 1.07 bits per heavy atom. The van der Waals surface area contributed by atoms with E-state index in [4.69, 9.17) is 0 Å². The molecule has 1 N–H and O–H groups in total. The molecule has 3 aromatic rings. The number of imidazole rings is 1. The van der Waals surface area contributed by atoms with Gasteiger partial charge in [0.05, 0.1) is 17.6 Å². The molecule has 0 saturated heterocycles. The molecule has 0 fully saturated rings. The topological polar surface area (TPSA) is 92.5 Å². The molecule has 0 spiro atoms. The lowest BCUT2D eigenvalue weighted by atomic mass is 10.1. The molecule has 1 aliphatic rings. The predicted octanol–water partition coefficient (Wildman–Crippen LogP) is 3.31. The number of pyridine rings is 1. The monoisotopic (exact) mass is 402 g/mol. The van der Waals surface area contributed by atoms with E-state index in [1.54, 1.807) is 24.5 Å². The van der Waals surface area contributed by atoms with Crippen LogP contribution in [0.15, 0.2) is 54.0 Å². The van der Waals surface area contributed by atoms with Gasteiger partial charge in [0.2, 0.25) is 5.91 Å². The summed E-state index contributed by atoms with van der Waals surface area (Å²) >= 11 is 0. The largest absolute Gasteiger partial charge is 0.319 e. The Labute approximate surface area is 174 Å². The van der Waals surface area contributed by atoms with Gasteiger partial charge >= 0.3 is 0 Å². The summed E-state index contributed by atoms with van der Waals surface area (Å²) in [7, 11) is 0. The molecular formula is C22H22N6O2. The summed E-state index contributed by atoms with van der Waals surface area (Å²) in [5.41, 5.74) is 3.51. The summed E-state index contributed by atoms with van der Waals surface area (Å²) in [6, 6.07) is 9.40. The Kier molecular flexibility index (Phi) is 5.14. The highest BCUT2D eigenvalue weighted by atomic mass is 16.2. The minimum atomic E-state index is -0.342. The number of amides is 2. The fourth-order valence-electron chi connectivity index (χ4n) is 3.28. The van der Waals surface area contributed by atoms with Crippen molar-refractivity contribution < 1.29 is 9.59 Å². The minimum absolute atomic E-state index is 0.123. The van der Waals surface area contributed by atoms with Gasteiger partial charge in [-0.15, -0.1) is 0 Å². The standard InChI is InChI=1S/C22H22N6O2/c1-14-4-5-15(2)19(12-14)28-21(29)9-7-18(26-28)22(30)25-17-6-8-20(24-13-17)27-11-10-23-16(27)3/h4-6,8,10-13H,7,9H2,1-3H3,(H,25,30). The zero-order chi connectivity index (χ0) is 21.3. The number of aromatic nitrogens is 3. The van der Waals surface area contributed by atoms with Gasteiger partial charge in [-0.25, -0.2) is 15.0 Å². The third kappa shape index (κ3) is 3.84. The molecule has 0 bridgehead atoms. The Morgan fingerprint density at radius 3 is 2.60 bits per heavy atom. The van der Waals surface area contributed by atoms with Crippen LogP contribution in [0.3, 0.4) is 0 Å². The number of anilines is 2. The van der Waals surface area contributed by atoms with E-state index in [-0.39, 0.29) is 18.2 Å². The van der Waals surface area contributed by atoms with Gasteiger partial charge in [0.15, 0.2) is 0 Å². The zero-order valence-electron chi connectivity index (χ0n) is 17.1. The number of hydrogen-bond acceptors (Lipinski definition) is 5. The molecular weight excluding hydrogens is 380 g/mol. The van der Waals surface area contributed by atoms with Crippen molar-refractivity contribution in [1.29, 1.82) is 0 Å². The maximum Gasteiger partial charge on any atom is 0.271 e. The van der Waals surface area contributed by atoms with E-state index >= 15 is 0 Å². The number of carbonyl (C=O) groups excluding carboxylic acids is 2. The van der Waals surface area contributed by atoms with E-state index in [1.807, 2.05) is 49.7 Å². The van der Waals surface area contributed by atoms with Crippen LogP contribution in [0.25, 0.3) is 5.82 Å². The van der Waals surface area contributed by atoms with Crippen LogP contribution in [-0.2, 0) is 9.59 Å². The molecule has 2 amide bonds. The first-order valence-corrected chi connectivity index (χ1v) is 9.68. The van der Waals surface area contributed by atoms with Crippen molar-refractivity contribution in [2.45, 2.75) is 33.6 Å². The molecule has 8 nitrogen and oxygen atoms in total. The molecule has 30 heavy (non-hydrogen) atoms. The molecule has 0 unspecified atom stereocenters. The van der Waals surface area contributed by atoms with Crippen LogP contribution >= 0.6 is 0 Å². The Morgan fingerprint density at radius 2 is 1.90 bits per heavy atom. The van der Waals surface area contributed by atoms with E-state index in [0.29, 0.717) is 29.3 Å². The molecule has 0 aliphatic carbocycles. The van der Waals surface area contributed by atoms with Crippen LogP contribution in [-0.4, -0.2) is 32.1 Å². The van der Waals surface area contributed by atoms with Crippen molar-refractivity contribution in [1.82, 2.24) is 14.5 Å². The predicted molar refractivity (Wildman–Crippen MR) is 115 cm³/mol. The van der Waals surface area contributed by atoms with Gasteiger partial charge in [-0.1, -0.05) is 12.1 Å². The summed E-state index contributed by atoms with van der Waals surface area (Å²) in [6.07, 6.45) is 5.65. The fraction of sp³-hybridized carbons (Fsp3) is 0.227. The van der Waals surface area contributed by atoms with Gasteiger partial charge in [0, 0.05) is 25.2 Å². The van der Waals surface area contributed by atoms with Crippen molar-refractivity contribution in [3.05, 3.63) is 65.9 Å². The van der Waals surface area contributed by atoms with Gasteiger partial charge in [-0.2, -0.15) is 5.10 Å². The Bertz CT molecular complexity index is 1150. The number of hydrogen-bond donors (Lipinski definition) is 1. The van der Waals surface area contributed by atoms with Crippen LogP contribution in [0.4, 0.5) is 11.4 Å². The van der Waals surface area contributed by atoms with Crippen LogP contribution in [0.2, 0.25) is 0 Å². The second-order valence-electron chi connectivity index (χ2n) is 7.25. The Balaban J connectivity index is 1.53. The van der Waals surface area contributed by atoms with Gasteiger partial charge in [0.1, 0.15) is 17.4 Å². The first-order valence-electron chi connectivity index (χ1n) is 9.68. The van der Waals surface area contributed by atoms with Gasteiger partial charge in [0.25, 0.3) is 5.91 Å². The van der Waals surface area contributed by atoms with E-state index in [9.17, 15) is 9.59 Å². The molecule has 1 aliphatic heterocycles. The van der Waals surface area contributed by atoms with E-state index in [2.05, 4.69) is 20.4 Å². The van der Waals surface area contributed by atoms with Crippen molar-refractivity contribution in [3.8, 4) is 5.82 Å². The number of rotatable bonds is 4. The average Bonchev–Trinajstić information content (AvgIpc) is 3.17. The molecule has 3 heterocycles. The number of benzene rings is 1. The number of hydrazone groups is 1. The van der Waals surface area contributed by atoms with Crippen LogP contribution in [0.1, 0.15) is 29.8 Å². The third-order valence-corrected chi connectivity index (χ3v) is 4.97. The number of nitrogens with zero attached hydrogens (tertiary/aromatic N) is 5. The van der Waals surface area contributed by atoms with E-state index in [1.165, 1.54) is 5.01 Å². The van der Waals surface area contributed by atoms with Crippen molar-refractivity contribution in [2.24, 2.45) is 5.10 Å². The SMILES string of the molecule is Cc1ccc(C)c(N2N=C(C(=O)Nc3ccc(-n4ccnc4C)nc3)CCC2=O)c1. The van der Waals surface area contributed by atoms with Crippen LogP contribution in [0.5, 0.6) is 0 Å². The lowest BCUT2D eigenvalue weighted by Crippen LogP contribution is -2.36.